The lowest BCUT2D eigenvalue weighted by molar-refractivity contribution is -0.131. The Hall–Kier alpha value is -2.38. The van der Waals surface area contributed by atoms with Gasteiger partial charge in [-0.3, -0.25) is 14.3 Å². The molecule has 1 spiro atoms. The number of ether oxygens (including phenoxy) is 1. The van der Waals surface area contributed by atoms with Crippen molar-refractivity contribution >= 4 is 17.8 Å². The van der Waals surface area contributed by atoms with Gasteiger partial charge in [0.05, 0.1) is 24.3 Å². The first-order valence-electron chi connectivity index (χ1n) is 7.99. The molecule has 0 bridgehead atoms. The lowest BCUT2D eigenvalue weighted by atomic mass is 10.0. The van der Waals surface area contributed by atoms with Crippen LogP contribution in [0.25, 0.3) is 0 Å². The number of ketones is 1. The third-order valence-corrected chi connectivity index (χ3v) is 4.83. The van der Waals surface area contributed by atoms with Crippen LogP contribution >= 0.6 is 0 Å². The number of Topliss-reactive ketones (excluding diaryl/α,β-unsaturated/α-hetero) is 1. The van der Waals surface area contributed by atoms with Gasteiger partial charge in [-0.25, -0.2) is 4.79 Å². The number of aromatic nitrogens is 2. The predicted octanol–water partition coefficient (Wildman–Crippen LogP) is 0.756. The highest BCUT2D eigenvalue weighted by molar-refractivity contribution is 5.96. The molecule has 1 aromatic heterocycles. The number of likely N-dealkylation sites (N-methyl/N-ethyl adjacent to an activating group) is 1. The Balaban J connectivity index is 1.70. The second kappa shape index (κ2) is 5.61. The number of rotatable bonds is 3. The number of likely N-dealkylation sites (tertiary alicyclic amines) is 1. The van der Waals surface area contributed by atoms with Crippen LogP contribution in [-0.2, 0) is 16.1 Å². The predicted molar refractivity (Wildman–Crippen MR) is 84.7 cm³/mol. The Labute approximate surface area is 140 Å². The zero-order valence-corrected chi connectivity index (χ0v) is 14.5. The number of nitrogens with zero attached hydrogens (tertiary/aromatic N) is 4. The van der Waals surface area contributed by atoms with Gasteiger partial charge in [-0.05, 0) is 20.8 Å². The summed E-state index contributed by atoms with van der Waals surface area (Å²) in [7, 11) is 1.70. The second-order valence-corrected chi connectivity index (χ2v) is 6.73. The van der Waals surface area contributed by atoms with Crippen molar-refractivity contribution in [2.75, 3.05) is 26.7 Å². The van der Waals surface area contributed by atoms with Crippen molar-refractivity contribution in [1.29, 1.82) is 0 Å². The summed E-state index contributed by atoms with van der Waals surface area (Å²) in [6.45, 7) is 6.61. The van der Waals surface area contributed by atoms with Gasteiger partial charge in [0, 0.05) is 25.7 Å². The summed E-state index contributed by atoms with van der Waals surface area (Å²) < 4.78 is 7.03. The Morgan fingerprint density at radius 2 is 2.00 bits per heavy atom. The maximum Gasteiger partial charge on any atom is 0.410 e. The van der Waals surface area contributed by atoms with Gasteiger partial charge >= 0.3 is 6.09 Å². The number of hydrogen-bond acceptors (Lipinski definition) is 5. The molecule has 0 unspecified atom stereocenters. The van der Waals surface area contributed by atoms with E-state index in [1.807, 2.05) is 0 Å². The van der Waals surface area contributed by atoms with Crippen molar-refractivity contribution in [2.45, 2.75) is 39.3 Å². The Kier molecular flexibility index (Phi) is 3.85. The van der Waals surface area contributed by atoms with Crippen molar-refractivity contribution in [3.63, 3.8) is 0 Å². The SMILES string of the molecule is CC(=O)c1c(C)nn(CC(=O)N2CC[C@@]3(CN(C)C(=O)O3)C2)c1C. The fourth-order valence-corrected chi connectivity index (χ4v) is 3.65. The molecule has 1 aromatic rings. The molecule has 0 radical (unpaired) electrons. The number of amides is 2. The first kappa shape index (κ1) is 16.5. The van der Waals surface area contributed by atoms with Crippen LogP contribution in [0, 0.1) is 13.8 Å². The van der Waals surface area contributed by atoms with Gasteiger partial charge in [0.2, 0.25) is 5.91 Å². The van der Waals surface area contributed by atoms with Crippen molar-refractivity contribution in [3.8, 4) is 0 Å². The van der Waals surface area contributed by atoms with E-state index in [0.29, 0.717) is 43.0 Å². The summed E-state index contributed by atoms with van der Waals surface area (Å²) in [5.41, 5.74) is 1.33. The highest BCUT2D eigenvalue weighted by Crippen LogP contribution is 2.31. The van der Waals surface area contributed by atoms with E-state index >= 15 is 0 Å². The van der Waals surface area contributed by atoms with E-state index < -0.39 is 5.60 Å². The molecule has 0 saturated carbocycles. The fourth-order valence-electron chi connectivity index (χ4n) is 3.65. The summed E-state index contributed by atoms with van der Waals surface area (Å²) in [5, 5.41) is 4.31. The number of carbonyl (C=O) groups is 3. The maximum absolute atomic E-state index is 12.6. The van der Waals surface area contributed by atoms with Crippen LogP contribution in [-0.4, -0.2) is 69.6 Å². The maximum atomic E-state index is 12.6. The zero-order chi connectivity index (χ0) is 17.6. The minimum Gasteiger partial charge on any atom is -0.439 e. The van der Waals surface area contributed by atoms with Gasteiger partial charge in [0.25, 0.3) is 0 Å². The van der Waals surface area contributed by atoms with E-state index in [2.05, 4.69) is 5.10 Å². The molecule has 8 heteroatoms. The third kappa shape index (κ3) is 2.65. The molecule has 0 N–H and O–H groups in total. The summed E-state index contributed by atoms with van der Waals surface area (Å²) in [6.07, 6.45) is 0.305. The van der Waals surface area contributed by atoms with Crippen LogP contribution < -0.4 is 0 Å². The fraction of sp³-hybridized carbons (Fsp3) is 0.625. The first-order chi connectivity index (χ1) is 11.2. The average Bonchev–Trinajstić information content (AvgIpc) is 3.09. The zero-order valence-electron chi connectivity index (χ0n) is 14.5. The Bertz CT molecular complexity index is 726. The van der Waals surface area contributed by atoms with E-state index in [4.69, 9.17) is 4.74 Å². The van der Waals surface area contributed by atoms with Crippen LogP contribution in [0.2, 0.25) is 0 Å². The molecule has 3 heterocycles. The molecule has 24 heavy (non-hydrogen) atoms. The topological polar surface area (TPSA) is 84.7 Å². The molecule has 0 aliphatic carbocycles. The molecule has 130 valence electrons. The molecule has 1 atom stereocenters. The van der Waals surface area contributed by atoms with Gasteiger partial charge in [0.1, 0.15) is 6.54 Å². The third-order valence-electron chi connectivity index (χ3n) is 4.83. The van der Waals surface area contributed by atoms with Crippen molar-refractivity contribution < 1.29 is 19.1 Å². The number of hydrogen-bond donors (Lipinski definition) is 0. The Morgan fingerprint density at radius 1 is 1.29 bits per heavy atom. The average molecular weight is 334 g/mol. The molecule has 2 amide bonds. The standard InChI is InChI=1S/C16H22N4O4/c1-10-14(12(3)21)11(2)20(17-10)7-13(22)19-6-5-16(9-19)8-18(4)15(23)24-16/h5-9H2,1-4H3/t16-/m1/s1. The molecule has 8 nitrogen and oxygen atoms in total. The summed E-state index contributed by atoms with van der Waals surface area (Å²) >= 11 is 0. The van der Waals surface area contributed by atoms with E-state index in [1.165, 1.54) is 11.8 Å². The minimum atomic E-state index is -0.582. The molecule has 2 aliphatic heterocycles. The Morgan fingerprint density at radius 3 is 2.54 bits per heavy atom. The second-order valence-electron chi connectivity index (χ2n) is 6.73. The molecule has 3 rings (SSSR count). The highest BCUT2D eigenvalue weighted by atomic mass is 16.6. The number of carbonyl (C=O) groups excluding carboxylic acids is 3. The lowest BCUT2D eigenvalue weighted by Gasteiger charge is -2.22. The monoisotopic (exact) mass is 334 g/mol. The first-order valence-corrected chi connectivity index (χ1v) is 7.99. The van der Waals surface area contributed by atoms with Gasteiger partial charge in [-0.2, -0.15) is 5.10 Å². The summed E-state index contributed by atoms with van der Waals surface area (Å²) in [6, 6.07) is 0. The molecular weight excluding hydrogens is 312 g/mol. The minimum absolute atomic E-state index is 0.0512. The van der Waals surface area contributed by atoms with Crippen LogP contribution in [0.3, 0.4) is 0 Å². The van der Waals surface area contributed by atoms with Crippen LogP contribution in [0.1, 0.15) is 35.1 Å². The quantitative estimate of drug-likeness (QED) is 0.762. The van der Waals surface area contributed by atoms with Crippen LogP contribution in [0.4, 0.5) is 4.79 Å². The summed E-state index contributed by atoms with van der Waals surface area (Å²) in [4.78, 5) is 39.1. The lowest BCUT2D eigenvalue weighted by Crippen LogP contribution is -2.40. The molecule has 2 saturated heterocycles. The molecule has 0 aromatic carbocycles. The van der Waals surface area contributed by atoms with Gasteiger partial charge in [0.15, 0.2) is 11.4 Å². The van der Waals surface area contributed by atoms with Crippen molar-refractivity contribution in [1.82, 2.24) is 19.6 Å². The summed E-state index contributed by atoms with van der Waals surface area (Å²) in [5.74, 6) is -0.136. The smallest absolute Gasteiger partial charge is 0.410 e. The van der Waals surface area contributed by atoms with Gasteiger partial charge in [-0.1, -0.05) is 0 Å². The van der Waals surface area contributed by atoms with Gasteiger partial charge in [-0.15, -0.1) is 0 Å². The van der Waals surface area contributed by atoms with E-state index in [0.717, 1.165) is 0 Å². The van der Waals surface area contributed by atoms with E-state index in [1.54, 1.807) is 30.5 Å². The van der Waals surface area contributed by atoms with Crippen molar-refractivity contribution in [3.05, 3.63) is 17.0 Å². The molecule has 2 aliphatic rings. The largest absolute Gasteiger partial charge is 0.439 e. The molecule has 2 fully saturated rings. The van der Waals surface area contributed by atoms with E-state index in [-0.39, 0.29) is 24.3 Å². The van der Waals surface area contributed by atoms with Crippen molar-refractivity contribution in [2.24, 2.45) is 0 Å². The highest BCUT2D eigenvalue weighted by Gasteiger charge is 2.49. The van der Waals surface area contributed by atoms with Gasteiger partial charge < -0.3 is 14.5 Å². The normalized spacial score (nSPS) is 23.2. The van der Waals surface area contributed by atoms with E-state index in [9.17, 15) is 14.4 Å². The number of aryl methyl sites for hydroxylation is 1. The van der Waals surface area contributed by atoms with Crippen LogP contribution in [0.15, 0.2) is 0 Å². The molecular formula is C16H22N4O4. The van der Waals surface area contributed by atoms with Crippen LogP contribution in [0.5, 0.6) is 0 Å².